The van der Waals surface area contributed by atoms with Gasteiger partial charge in [-0.15, -0.1) is 0 Å². The molecule has 5 aliphatic heterocycles. The molecule has 4 N–H and O–H groups in total. The van der Waals surface area contributed by atoms with Crippen LogP contribution in [-0.2, 0) is 20.8 Å². The maximum absolute atomic E-state index is 15.3. The molecule has 0 radical (unpaired) electrons. The third kappa shape index (κ3) is 9.92. The standard InChI is InChI=1S/C52H60BrF2N10O5P/c1-4-32-25-43(59-52-56-29-38(53)49(61-52)58-42-11-10-41-36(8-7-31(2)57-41)48(42)71(69)23-5-6-24-71)45(70-3)28-44(32)63-17-14-34(15-18-63)62-19-21-64(22-20-62)51(68)33-13-16-65(30-33)35-26-39(54)47(40(55)27-35)37-9-12-46(66)60-50(37)67/h5-8,10-11,25-29,33-34,37,69,71H,4,9,12-24,30H2,1-3H3,(H,60,66,67)(H2,56,58,59,61)/t33-,37?/m1/s1. The van der Waals surface area contributed by atoms with Crippen molar-refractivity contribution >= 4 is 91.9 Å². The molecule has 2 aromatic heterocycles. The number of allylic oxidation sites excluding steroid dienone is 2. The molecule has 1 unspecified atom stereocenters. The molecule has 5 aliphatic rings. The van der Waals surface area contributed by atoms with Crippen LogP contribution in [0.3, 0.4) is 0 Å². The first kappa shape index (κ1) is 48.8. The Hall–Kier alpha value is -5.81. The fourth-order valence-corrected chi connectivity index (χ4v) is 14.6. The molecule has 374 valence electrons. The van der Waals surface area contributed by atoms with Crippen LogP contribution in [-0.4, -0.2) is 125 Å². The number of nitrogens with zero attached hydrogens (tertiary/aromatic N) is 7. The summed E-state index contributed by atoms with van der Waals surface area (Å²) in [5.41, 5.74) is 5.67. The molecule has 10 rings (SSSR count). The van der Waals surface area contributed by atoms with Crippen molar-refractivity contribution in [1.82, 2.24) is 30.1 Å². The van der Waals surface area contributed by atoms with E-state index in [2.05, 4.69) is 83.9 Å². The van der Waals surface area contributed by atoms with Crippen LogP contribution >= 0.6 is 23.4 Å². The molecule has 15 nitrogen and oxygen atoms in total. The van der Waals surface area contributed by atoms with Gasteiger partial charge in [-0.2, -0.15) is 0 Å². The number of benzene rings is 3. The van der Waals surface area contributed by atoms with Crippen molar-refractivity contribution in [2.45, 2.75) is 64.3 Å². The summed E-state index contributed by atoms with van der Waals surface area (Å²) in [5.74, 6) is -2.41. The van der Waals surface area contributed by atoms with Gasteiger partial charge in [0.25, 0.3) is 0 Å². The smallest absolute Gasteiger partial charge is 0.371 e. The second-order valence-electron chi connectivity index (χ2n) is 19.4. The summed E-state index contributed by atoms with van der Waals surface area (Å²) >= 11 is 3.66. The predicted molar refractivity (Wildman–Crippen MR) is 279 cm³/mol. The first-order valence-electron chi connectivity index (χ1n) is 24.7. The van der Waals surface area contributed by atoms with Gasteiger partial charge in [0.05, 0.1) is 11.8 Å². The molecule has 0 spiro atoms. The fraction of sp³-hybridized carbons (Fsp3) is 0.423. The van der Waals surface area contributed by atoms with Gasteiger partial charge in [-0.1, -0.05) is 0 Å². The average Bonchev–Trinajstić information content (AvgIpc) is 4.05. The van der Waals surface area contributed by atoms with Crippen molar-refractivity contribution in [2.24, 2.45) is 5.92 Å². The number of rotatable bonds is 12. The van der Waals surface area contributed by atoms with Crippen LogP contribution in [0.25, 0.3) is 10.9 Å². The van der Waals surface area contributed by atoms with E-state index in [0.29, 0.717) is 78.6 Å². The van der Waals surface area contributed by atoms with Gasteiger partial charge in [0.1, 0.15) is 11.6 Å². The zero-order valence-corrected chi connectivity index (χ0v) is 42.8. The van der Waals surface area contributed by atoms with Gasteiger partial charge < -0.3 is 9.80 Å². The van der Waals surface area contributed by atoms with Crippen LogP contribution in [0, 0.1) is 24.5 Å². The number of hydrogen-bond acceptors (Lipinski definition) is 13. The van der Waals surface area contributed by atoms with Gasteiger partial charge in [-0.05, 0) is 37.8 Å². The van der Waals surface area contributed by atoms with Gasteiger partial charge in [0.2, 0.25) is 17.7 Å². The zero-order valence-electron chi connectivity index (χ0n) is 40.2. The third-order valence-corrected chi connectivity index (χ3v) is 19.0. The van der Waals surface area contributed by atoms with E-state index in [9.17, 15) is 19.3 Å². The second-order valence-corrected chi connectivity index (χ2v) is 23.7. The van der Waals surface area contributed by atoms with Crippen LogP contribution in [0.5, 0.6) is 5.75 Å². The fourth-order valence-electron chi connectivity index (χ4n) is 11.3. The Morgan fingerprint density at radius 3 is 2.34 bits per heavy atom. The van der Waals surface area contributed by atoms with Crippen molar-refractivity contribution in [3.63, 3.8) is 0 Å². The number of anilines is 6. The minimum Gasteiger partial charge on any atom is -0.371 e. The first-order chi connectivity index (χ1) is 34.3. The summed E-state index contributed by atoms with van der Waals surface area (Å²) < 4.78 is 37.3. The summed E-state index contributed by atoms with van der Waals surface area (Å²) in [7, 11) is -1.20. The Labute approximate surface area is 421 Å². The number of aryl methyl sites for hydroxylation is 2. The van der Waals surface area contributed by atoms with Gasteiger partial charge in [-0.25, -0.2) is 8.78 Å². The maximum atomic E-state index is 15.3. The van der Waals surface area contributed by atoms with Crippen LogP contribution < -0.4 is 35.8 Å². The number of nitrogens with one attached hydrogen (secondary N) is 3. The third-order valence-electron chi connectivity index (χ3n) is 15.1. The SMILES string of the molecule is CCc1cc(Nc2ncc(Br)c(Nc3ccc4nc(C)ccc4c3[PH]3(O)CC=CC3)n2)c(OC)cc1N1CCC(N2CCN(C(=O)[C@@H]3CCN(c4cc(F)c(C5CCC(=O)NC5=O)c(F)c4)C3)CC2)CC1. The summed E-state index contributed by atoms with van der Waals surface area (Å²) in [6.07, 6.45) is 10.6. The molecule has 5 aromatic rings. The van der Waals surface area contributed by atoms with E-state index in [1.54, 1.807) is 13.3 Å². The molecule has 4 saturated heterocycles. The molecular formula is C52H60BrF2N10O5P. The van der Waals surface area contributed by atoms with Gasteiger partial charge in [0, 0.05) is 76.1 Å². The summed E-state index contributed by atoms with van der Waals surface area (Å²) in [5, 5.41) is 11.0. The van der Waals surface area contributed by atoms with Crippen LogP contribution in [0.1, 0.15) is 61.8 Å². The Bertz CT molecular complexity index is 2900. The van der Waals surface area contributed by atoms with Gasteiger partial charge >= 0.3 is 224 Å². The van der Waals surface area contributed by atoms with Gasteiger partial charge in [-0.3, -0.25) is 24.6 Å². The molecule has 19 heteroatoms. The van der Waals surface area contributed by atoms with E-state index in [0.717, 1.165) is 84.4 Å². The van der Waals surface area contributed by atoms with Crippen molar-refractivity contribution in [2.75, 3.05) is 92.2 Å². The molecule has 3 aromatic carbocycles. The van der Waals surface area contributed by atoms with E-state index < -0.39 is 36.9 Å². The Kier molecular flexibility index (Phi) is 14.0. The number of piperidine rings is 2. The van der Waals surface area contributed by atoms with E-state index >= 15 is 8.78 Å². The summed E-state index contributed by atoms with van der Waals surface area (Å²) in [6.45, 7) is 9.59. The normalized spacial score (nSPS) is 21.2. The Balaban J connectivity index is 0.747. The summed E-state index contributed by atoms with van der Waals surface area (Å²) in [6, 6.07) is 15.1. The molecule has 0 saturated carbocycles. The quantitative estimate of drug-likeness (QED) is 0.0554. The molecule has 7 heterocycles. The molecule has 2 atom stereocenters. The summed E-state index contributed by atoms with van der Waals surface area (Å²) in [4.78, 5) is 72.8. The topological polar surface area (TPSA) is 168 Å². The number of methoxy groups -OCH3 is 1. The number of carbonyl (C=O) groups excluding carboxylic acids is 3. The molecule has 0 bridgehead atoms. The molecule has 4 fully saturated rings. The monoisotopic (exact) mass is 1050 g/mol. The first-order valence-corrected chi connectivity index (χ1v) is 27.9. The number of fused-ring (bicyclic) bond motifs is 1. The number of amides is 3. The van der Waals surface area contributed by atoms with E-state index in [-0.39, 0.29) is 30.2 Å². The molecule has 71 heavy (non-hydrogen) atoms. The van der Waals surface area contributed by atoms with E-state index in [1.807, 2.05) is 34.9 Å². The number of hydrogen-bond donors (Lipinski definition) is 4. The van der Waals surface area contributed by atoms with E-state index in [1.165, 1.54) is 17.7 Å². The number of carbonyl (C=O) groups is 3. The van der Waals surface area contributed by atoms with Crippen molar-refractivity contribution in [3.8, 4) is 5.75 Å². The average molecular weight is 1050 g/mol. The number of pyridine rings is 1. The van der Waals surface area contributed by atoms with Crippen molar-refractivity contribution in [3.05, 3.63) is 99.8 Å². The Morgan fingerprint density at radius 1 is 0.901 bits per heavy atom. The van der Waals surface area contributed by atoms with Crippen molar-refractivity contribution < 1.29 is 32.8 Å². The minimum atomic E-state index is -2.87. The number of piperazine rings is 1. The minimum absolute atomic E-state index is 0.0273. The predicted octanol–water partition coefficient (Wildman–Crippen LogP) is 7.44. The van der Waals surface area contributed by atoms with Crippen molar-refractivity contribution in [1.29, 1.82) is 0 Å². The second kappa shape index (κ2) is 20.4. The van der Waals surface area contributed by atoms with Gasteiger partial charge in [0.15, 0.2) is 0 Å². The molecule has 0 aliphatic carbocycles. The number of halogens is 3. The molecular weight excluding hydrogens is 994 g/mol. The van der Waals surface area contributed by atoms with Crippen LogP contribution in [0.2, 0.25) is 0 Å². The number of aromatic nitrogens is 3. The van der Waals surface area contributed by atoms with Crippen LogP contribution in [0.4, 0.5) is 43.3 Å². The number of imide groups is 1. The van der Waals surface area contributed by atoms with Crippen LogP contribution in [0.15, 0.2) is 71.4 Å². The molecule has 3 amide bonds. The van der Waals surface area contributed by atoms with E-state index in [4.69, 9.17) is 14.7 Å². The zero-order chi connectivity index (χ0) is 49.6. The Morgan fingerprint density at radius 2 is 1.63 bits per heavy atom. The number of ether oxygens (including phenoxy) is 1.